The molecule has 7 heterocycles. The highest BCUT2D eigenvalue weighted by molar-refractivity contribution is 8.07. The fourth-order valence-electron chi connectivity index (χ4n) is 5.20. The van der Waals surface area contributed by atoms with Gasteiger partial charge in [0.25, 0.3) is 5.56 Å². The van der Waals surface area contributed by atoms with Gasteiger partial charge in [0.1, 0.15) is 47.6 Å². The summed E-state index contributed by atoms with van der Waals surface area (Å²) in [5.74, 6) is -0.262. The summed E-state index contributed by atoms with van der Waals surface area (Å²) in [7, 11) is -3.08. The van der Waals surface area contributed by atoms with E-state index in [1.54, 1.807) is 0 Å². The molecule has 0 spiro atoms. The highest BCUT2D eigenvalue weighted by atomic mass is 32.5. The quantitative estimate of drug-likeness (QED) is 0.162. The monoisotopic (exact) mass is 708 g/mol. The molecule has 0 aromatic carbocycles. The molecule has 3 fully saturated rings. The van der Waals surface area contributed by atoms with Crippen molar-refractivity contribution >= 4 is 71.4 Å². The molecule has 20 nitrogen and oxygen atoms in total. The first-order valence-electron chi connectivity index (χ1n) is 12.8. The van der Waals surface area contributed by atoms with Gasteiger partial charge >= 0.3 is 19.8 Å². The van der Waals surface area contributed by atoms with Crippen molar-refractivity contribution < 1.29 is 46.5 Å². The maximum atomic E-state index is 15.9. The van der Waals surface area contributed by atoms with Crippen LogP contribution in [-0.4, -0.2) is 94.0 Å². The predicted octanol–water partition coefficient (Wildman–Crippen LogP) is -0.664. The molecule has 10 atom stereocenters. The maximum Gasteiger partial charge on any atom is 0.697 e. The van der Waals surface area contributed by atoms with E-state index < -0.39 is 87.8 Å². The molecule has 4 aromatic heterocycles. The SMILES string of the molecule is Nc1nc2c(sc(=O)n2[C@@H]2OC3CO[P+](=O)O[C@@H]4C(F)[C@H](n5cnc6c(N)ncnc65)O[C@@H]4COP(O)(=S)O[C@@H]2C3O)c(=O)[nH]1. The van der Waals surface area contributed by atoms with E-state index in [2.05, 4.69) is 24.9 Å². The number of aliphatic hydroxyl groups is 1. The summed E-state index contributed by atoms with van der Waals surface area (Å²) in [4.78, 5) is 54.0. The maximum absolute atomic E-state index is 15.9. The van der Waals surface area contributed by atoms with E-state index in [4.69, 9.17) is 50.8 Å². The Bertz CT molecular complexity index is 1990. The lowest BCUT2D eigenvalue weighted by Crippen LogP contribution is -2.36. The van der Waals surface area contributed by atoms with E-state index in [-0.39, 0.29) is 33.3 Å². The minimum Gasteiger partial charge on any atom is -0.387 e. The summed E-state index contributed by atoms with van der Waals surface area (Å²) in [6, 6.07) is 0. The molecule has 3 aliphatic heterocycles. The van der Waals surface area contributed by atoms with Crippen LogP contribution in [0.2, 0.25) is 0 Å². The van der Waals surface area contributed by atoms with E-state index in [1.807, 2.05) is 0 Å². The Morgan fingerprint density at radius 3 is 2.71 bits per heavy atom. The Morgan fingerprint density at radius 1 is 1.13 bits per heavy atom. The van der Waals surface area contributed by atoms with Gasteiger partial charge in [0, 0.05) is 4.57 Å². The second-order valence-electron chi connectivity index (χ2n) is 9.91. The number of halogens is 1. The van der Waals surface area contributed by atoms with Crippen LogP contribution in [0.1, 0.15) is 12.5 Å². The second-order valence-corrected chi connectivity index (χ2v) is 14.6. The Morgan fingerprint density at radius 2 is 1.91 bits per heavy atom. The summed E-state index contributed by atoms with van der Waals surface area (Å²) in [6.07, 6.45) is -10.1. The van der Waals surface area contributed by atoms with Crippen LogP contribution in [0, 0.1) is 0 Å². The van der Waals surface area contributed by atoms with E-state index in [0.29, 0.717) is 11.3 Å². The first-order valence-corrected chi connectivity index (χ1v) is 17.3. The molecule has 7 N–H and O–H groups in total. The molecule has 0 saturated carbocycles. The van der Waals surface area contributed by atoms with Gasteiger partial charge in [0.2, 0.25) is 5.95 Å². The van der Waals surface area contributed by atoms with Gasteiger partial charge in [-0.1, -0.05) is 11.3 Å². The minimum absolute atomic E-state index is 0.0463. The first-order chi connectivity index (χ1) is 21.4. The molecule has 4 aromatic rings. The van der Waals surface area contributed by atoms with Crippen LogP contribution in [0.25, 0.3) is 21.5 Å². The van der Waals surface area contributed by atoms with Crippen molar-refractivity contribution in [2.45, 2.75) is 49.1 Å². The second kappa shape index (κ2) is 11.4. The zero-order valence-electron chi connectivity index (χ0n) is 22.2. The lowest BCUT2D eigenvalue weighted by molar-refractivity contribution is -0.0587. The number of aromatic amines is 1. The van der Waals surface area contributed by atoms with Crippen molar-refractivity contribution in [1.82, 2.24) is 34.1 Å². The average Bonchev–Trinajstić information content (AvgIpc) is 3.71. The molecule has 240 valence electrons. The number of anilines is 2. The van der Waals surface area contributed by atoms with E-state index in [1.165, 1.54) is 10.9 Å². The zero-order chi connectivity index (χ0) is 31.8. The van der Waals surface area contributed by atoms with Gasteiger partial charge in [-0.2, -0.15) is 4.98 Å². The van der Waals surface area contributed by atoms with Crippen LogP contribution in [0.15, 0.2) is 22.2 Å². The van der Waals surface area contributed by atoms with Crippen LogP contribution < -0.4 is 21.9 Å². The molecular weight excluding hydrogens is 687 g/mol. The number of rotatable bonds is 2. The smallest absolute Gasteiger partial charge is 0.387 e. The van der Waals surface area contributed by atoms with Crippen molar-refractivity contribution in [3.63, 3.8) is 0 Å². The summed E-state index contributed by atoms with van der Waals surface area (Å²) in [5.41, 5.74) is 10.9. The molecule has 0 amide bonds. The summed E-state index contributed by atoms with van der Waals surface area (Å²) < 4.78 is 64.2. The number of aromatic nitrogens is 7. The largest absolute Gasteiger partial charge is 0.697 e. The number of ether oxygens (including phenoxy) is 2. The standard InChI is InChI=1S/C20H20FN9O11P2S2/c21-7-10-6(39-17(7)29-4-26-8-13(22)24-3-25-14(8)29)2-37-43(35,44)41-11-9(31)5(1-36-42(34)40-10)38-18(11)30-15-12(45-20(30)33)16(32)28-19(23)27-15/h3-7,9-11,17-18,31H,1-2H2,(H5-,22,23,24,25,27,28,32,35,44)/p+1/t5?,6-,7?,9?,10+,11-,17-,18-,43?/m1/s1. The van der Waals surface area contributed by atoms with Gasteiger partial charge in [-0.05, 0) is 11.8 Å². The van der Waals surface area contributed by atoms with Crippen molar-refractivity contribution in [2.24, 2.45) is 0 Å². The third kappa shape index (κ3) is 5.37. The fraction of sp³-hybridized carbons (Fsp3) is 0.500. The fourth-order valence-corrected chi connectivity index (χ4v) is 8.23. The highest BCUT2D eigenvalue weighted by Gasteiger charge is 2.55. The molecule has 0 radical (unpaired) electrons. The van der Waals surface area contributed by atoms with Gasteiger partial charge in [-0.25, -0.2) is 19.3 Å². The number of imidazole rings is 1. The lowest BCUT2D eigenvalue weighted by Gasteiger charge is -2.26. The average molecular weight is 709 g/mol. The molecule has 0 aliphatic carbocycles. The number of fused-ring (bicyclic) bond motifs is 5. The third-order valence-electron chi connectivity index (χ3n) is 7.20. The number of hydrogen-bond donors (Lipinski definition) is 5. The van der Waals surface area contributed by atoms with Gasteiger partial charge in [-0.15, -0.1) is 9.05 Å². The Hall–Kier alpha value is -2.92. The number of thiazole rings is 1. The van der Waals surface area contributed by atoms with Crippen LogP contribution >= 0.6 is 26.3 Å². The number of nitrogens with two attached hydrogens (primary N) is 2. The Labute approximate surface area is 258 Å². The van der Waals surface area contributed by atoms with Crippen molar-refractivity contribution in [3.05, 3.63) is 32.7 Å². The van der Waals surface area contributed by atoms with E-state index >= 15 is 4.39 Å². The van der Waals surface area contributed by atoms with Crippen molar-refractivity contribution in [3.8, 4) is 0 Å². The molecule has 5 unspecified atom stereocenters. The number of H-pyrrole nitrogens is 1. The summed E-state index contributed by atoms with van der Waals surface area (Å²) in [6.45, 7) is -5.60. The molecule has 45 heavy (non-hydrogen) atoms. The number of nitrogen functional groups attached to an aromatic ring is 2. The minimum atomic E-state index is -4.34. The van der Waals surface area contributed by atoms with Crippen LogP contribution in [0.3, 0.4) is 0 Å². The van der Waals surface area contributed by atoms with Crippen LogP contribution in [-0.2, 0) is 43.9 Å². The zero-order valence-corrected chi connectivity index (χ0v) is 25.6. The van der Waals surface area contributed by atoms with Gasteiger partial charge in [-0.3, -0.25) is 28.2 Å². The number of aliphatic hydroxyl groups excluding tert-OH is 1. The topological polar surface area (TPSA) is 276 Å². The summed E-state index contributed by atoms with van der Waals surface area (Å²) in [5, 5.41) is 11.1. The van der Waals surface area contributed by atoms with Gasteiger partial charge in [0.15, 0.2) is 41.8 Å². The van der Waals surface area contributed by atoms with Crippen molar-refractivity contribution in [2.75, 3.05) is 24.7 Å². The molecule has 3 saturated heterocycles. The number of nitrogens with zero attached hydrogens (tertiary/aromatic N) is 6. The Kier molecular flexibility index (Phi) is 7.78. The Balaban J connectivity index is 1.20. The van der Waals surface area contributed by atoms with E-state index in [9.17, 15) is 24.2 Å². The molecule has 2 bridgehead atoms. The van der Waals surface area contributed by atoms with E-state index in [0.717, 1.165) is 10.9 Å². The van der Waals surface area contributed by atoms with Crippen LogP contribution in [0.5, 0.6) is 0 Å². The molecule has 7 rings (SSSR count). The van der Waals surface area contributed by atoms with Gasteiger partial charge in [0.05, 0.1) is 12.9 Å². The highest BCUT2D eigenvalue weighted by Crippen LogP contribution is 2.51. The van der Waals surface area contributed by atoms with Gasteiger partial charge < -0.3 is 35.5 Å². The molecule has 3 aliphatic rings. The first kappa shape index (κ1) is 30.7. The number of hydrogen-bond acceptors (Lipinski definition) is 18. The predicted molar refractivity (Wildman–Crippen MR) is 153 cm³/mol. The normalized spacial score (nSPS) is 35.2. The number of nitrogens with one attached hydrogen (secondary N) is 1. The third-order valence-corrected chi connectivity index (χ3v) is 10.5. The van der Waals surface area contributed by atoms with Crippen molar-refractivity contribution in [1.29, 1.82) is 0 Å². The molecular formula is C20H21FN9O11P2S2+. The lowest BCUT2D eigenvalue weighted by atomic mass is 10.1. The number of alkyl halides is 1. The molecule has 25 heteroatoms. The summed E-state index contributed by atoms with van der Waals surface area (Å²) >= 11 is 5.70. The van der Waals surface area contributed by atoms with Crippen LogP contribution in [0.4, 0.5) is 16.2 Å².